The SMILES string of the molecule is C[C@H]1C[C@@H](O)[C@H](O)[C@@H](C)O1. The van der Waals surface area contributed by atoms with Crippen molar-refractivity contribution in [3.8, 4) is 0 Å². The summed E-state index contributed by atoms with van der Waals surface area (Å²) in [6.45, 7) is 3.66. The Hall–Kier alpha value is -0.120. The molecule has 0 radical (unpaired) electrons. The van der Waals surface area contributed by atoms with Crippen molar-refractivity contribution >= 4 is 0 Å². The summed E-state index contributed by atoms with van der Waals surface area (Å²) in [5.74, 6) is 0. The van der Waals surface area contributed by atoms with Crippen LogP contribution in [0.3, 0.4) is 0 Å². The second-order valence-corrected chi connectivity index (χ2v) is 2.95. The smallest absolute Gasteiger partial charge is 0.106 e. The van der Waals surface area contributed by atoms with Gasteiger partial charge in [-0.05, 0) is 13.8 Å². The second kappa shape index (κ2) is 2.86. The highest BCUT2D eigenvalue weighted by Gasteiger charge is 2.31. The fourth-order valence-electron chi connectivity index (χ4n) is 1.29. The molecule has 1 rings (SSSR count). The number of aliphatic hydroxyl groups is 2. The van der Waals surface area contributed by atoms with E-state index in [1.807, 2.05) is 6.92 Å². The predicted octanol–water partition coefficient (Wildman–Crippen LogP) is -0.0945. The molecule has 4 atom stereocenters. The zero-order valence-corrected chi connectivity index (χ0v) is 6.32. The number of aliphatic hydroxyl groups excluding tert-OH is 2. The zero-order valence-electron chi connectivity index (χ0n) is 6.32. The van der Waals surface area contributed by atoms with Crippen molar-refractivity contribution in [2.24, 2.45) is 0 Å². The van der Waals surface area contributed by atoms with Crippen LogP contribution in [0.4, 0.5) is 0 Å². The van der Waals surface area contributed by atoms with E-state index in [1.54, 1.807) is 6.92 Å². The maximum atomic E-state index is 9.19. The lowest BCUT2D eigenvalue weighted by molar-refractivity contribution is -0.156. The van der Waals surface area contributed by atoms with Crippen molar-refractivity contribution in [2.75, 3.05) is 0 Å². The van der Waals surface area contributed by atoms with Crippen molar-refractivity contribution in [2.45, 2.75) is 44.7 Å². The van der Waals surface area contributed by atoms with Crippen LogP contribution in [0, 0.1) is 0 Å². The standard InChI is InChI=1S/C7H14O3/c1-4-3-6(8)7(9)5(2)10-4/h4-9H,3H2,1-2H3/t4-,5+,6+,7+/m0/s1. The van der Waals surface area contributed by atoms with Crippen LogP contribution in [0.2, 0.25) is 0 Å². The molecule has 10 heavy (non-hydrogen) atoms. The fourth-order valence-corrected chi connectivity index (χ4v) is 1.29. The van der Waals surface area contributed by atoms with Gasteiger partial charge in [0, 0.05) is 6.42 Å². The van der Waals surface area contributed by atoms with E-state index in [2.05, 4.69) is 0 Å². The lowest BCUT2D eigenvalue weighted by Crippen LogP contribution is -2.45. The van der Waals surface area contributed by atoms with E-state index in [4.69, 9.17) is 4.74 Å². The van der Waals surface area contributed by atoms with Crippen LogP contribution in [-0.2, 0) is 4.74 Å². The van der Waals surface area contributed by atoms with Crippen LogP contribution in [-0.4, -0.2) is 34.6 Å². The van der Waals surface area contributed by atoms with E-state index >= 15 is 0 Å². The summed E-state index contributed by atoms with van der Waals surface area (Å²) in [5, 5.41) is 18.4. The van der Waals surface area contributed by atoms with Crippen LogP contribution >= 0.6 is 0 Å². The van der Waals surface area contributed by atoms with Gasteiger partial charge in [0.2, 0.25) is 0 Å². The highest BCUT2D eigenvalue weighted by atomic mass is 16.5. The summed E-state index contributed by atoms with van der Waals surface area (Å²) in [5.41, 5.74) is 0. The maximum Gasteiger partial charge on any atom is 0.106 e. The topological polar surface area (TPSA) is 49.7 Å². The summed E-state index contributed by atoms with van der Waals surface area (Å²) >= 11 is 0. The van der Waals surface area contributed by atoms with Crippen LogP contribution in [0.15, 0.2) is 0 Å². The monoisotopic (exact) mass is 146 g/mol. The summed E-state index contributed by atoms with van der Waals surface area (Å²) < 4.78 is 5.26. The first-order valence-corrected chi connectivity index (χ1v) is 3.63. The molecule has 0 aromatic rings. The van der Waals surface area contributed by atoms with Gasteiger partial charge in [-0.2, -0.15) is 0 Å². The first-order valence-electron chi connectivity index (χ1n) is 3.63. The molecule has 0 bridgehead atoms. The zero-order chi connectivity index (χ0) is 7.72. The van der Waals surface area contributed by atoms with Crippen molar-refractivity contribution in [3.05, 3.63) is 0 Å². The molecule has 60 valence electrons. The minimum atomic E-state index is -0.712. The third-order valence-corrected chi connectivity index (χ3v) is 1.90. The normalized spacial score (nSPS) is 49.2. The minimum absolute atomic E-state index is 0.0633. The van der Waals surface area contributed by atoms with Crippen molar-refractivity contribution < 1.29 is 14.9 Å². The molecular formula is C7H14O3. The van der Waals surface area contributed by atoms with Gasteiger partial charge < -0.3 is 14.9 Å². The molecule has 0 aromatic carbocycles. The molecule has 3 nitrogen and oxygen atoms in total. The third kappa shape index (κ3) is 1.48. The molecule has 2 N–H and O–H groups in total. The molecule has 0 unspecified atom stereocenters. The summed E-state index contributed by atoms with van der Waals surface area (Å²) in [6.07, 6.45) is -0.965. The van der Waals surface area contributed by atoms with Crippen LogP contribution in [0.1, 0.15) is 20.3 Å². The molecule has 1 fully saturated rings. The Kier molecular flexibility index (Phi) is 2.28. The molecule has 1 aliphatic rings. The molecule has 1 saturated heterocycles. The molecule has 1 aliphatic heterocycles. The average Bonchev–Trinajstić information content (AvgIpc) is 1.82. The van der Waals surface area contributed by atoms with Crippen LogP contribution in [0.25, 0.3) is 0 Å². The van der Waals surface area contributed by atoms with Crippen molar-refractivity contribution in [1.82, 2.24) is 0 Å². The molecular weight excluding hydrogens is 132 g/mol. The van der Waals surface area contributed by atoms with Crippen LogP contribution in [0.5, 0.6) is 0 Å². The summed E-state index contributed by atoms with van der Waals surface area (Å²) in [7, 11) is 0. The number of hydrogen-bond acceptors (Lipinski definition) is 3. The Balaban J connectivity index is 2.49. The molecule has 0 aliphatic carbocycles. The van der Waals surface area contributed by atoms with Gasteiger partial charge in [0.25, 0.3) is 0 Å². The number of hydrogen-bond donors (Lipinski definition) is 2. The van der Waals surface area contributed by atoms with Crippen molar-refractivity contribution in [1.29, 1.82) is 0 Å². The van der Waals surface area contributed by atoms with Gasteiger partial charge in [-0.3, -0.25) is 0 Å². The maximum absolute atomic E-state index is 9.19. The van der Waals surface area contributed by atoms with Gasteiger partial charge in [-0.1, -0.05) is 0 Å². The second-order valence-electron chi connectivity index (χ2n) is 2.95. The van der Waals surface area contributed by atoms with Gasteiger partial charge in [0.15, 0.2) is 0 Å². The Morgan fingerprint density at radius 1 is 1.30 bits per heavy atom. The Morgan fingerprint density at radius 2 is 1.90 bits per heavy atom. The van der Waals surface area contributed by atoms with E-state index in [1.165, 1.54) is 0 Å². The molecule has 1 heterocycles. The number of rotatable bonds is 0. The Morgan fingerprint density at radius 3 is 2.40 bits per heavy atom. The van der Waals surface area contributed by atoms with Crippen LogP contribution < -0.4 is 0 Å². The lowest BCUT2D eigenvalue weighted by atomic mass is 10.00. The number of ether oxygens (including phenoxy) is 1. The van der Waals surface area contributed by atoms with Gasteiger partial charge in [-0.25, -0.2) is 0 Å². The summed E-state index contributed by atoms with van der Waals surface area (Å²) in [4.78, 5) is 0. The fraction of sp³-hybridized carbons (Fsp3) is 1.00. The van der Waals surface area contributed by atoms with Gasteiger partial charge in [0.1, 0.15) is 6.10 Å². The van der Waals surface area contributed by atoms with Gasteiger partial charge >= 0.3 is 0 Å². The lowest BCUT2D eigenvalue weighted by Gasteiger charge is -2.33. The van der Waals surface area contributed by atoms with Gasteiger partial charge in [-0.15, -0.1) is 0 Å². The molecule has 0 saturated carbocycles. The van der Waals surface area contributed by atoms with E-state index < -0.39 is 12.2 Å². The predicted molar refractivity (Wildman–Crippen MR) is 36.6 cm³/mol. The van der Waals surface area contributed by atoms with Crippen molar-refractivity contribution in [3.63, 3.8) is 0 Å². The largest absolute Gasteiger partial charge is 0.390 e. The molecule has 0 aromatic heterocycles. The highest BCUT2D eigenvalue weighted by molar-refractivity contribution is 4.80. The third-order valence-electron chi connectivity index (χ3n) is 1.90. The first-order chi connectivity index (χ1) is 4.61. The van der Waals surface area contributed by atoms with Gasteiger partial charge in [0.05, 0.1) is 18.3 Å². The van der Waals surface area contributed by atoms with E-state index in [0.717, 1.165) is 0 Å². The van der Waals surface area contributed by atoms with E-state index in [0.29, 0.717) is 6.42 Å². The average molecular weight is 146 g/mol. The van der Waals surface area contributed by atoms with E-state index in [9.17, 15) is 10.2 Å². The Labute approximate surface area is 60.6 Å². The quantitative estimate of drug-likeness (QED) is 0.502. The van der Waals surface area contributed by atoms with E-state index in [-0.39, 0.29) is 12.2 Å². The Bertz CT molecular complexity index is 103. The molecule has 0 spiro atoms. The molecule has 3 heteroatoms. The molecule has 0 amide bonds. The summed E-state index contributed by atoms with van der Waals surface area (Å²) in [6, 6.07) is 0. The minimum Gasteiger partial charge on any atom is -0.390 e. The first kappa shape index (κ1) is 7.98. The highest BCUT2D eigenvalue weighted by Crippen LogP contribution is 2.19.